The van der Waals surface area contributed by atoms with Crippen molar-refractivity contribution in [3.63, 3.8) is 0 Å². The number of anilines is 2. The molecule has 0 saturated carbocycles. The summed E-state index contributed by atoms with van der Waals surface area (Å²) in [4.78, 5) is 24.5. The molecule has 7 heteroatoms. The Labute approximate surface area is 145 Å². The zero-order valence-electron chi connectivity index (χ0n) is 13.7. The second-order valence-corrected chi connectivity index (χ2v) is 6.32. The highest BCUT2D eigenvalue weighted by Crippen LogP contribution is 2.37. The molecule has 1 aromatic heterocycles. The summed E-state index contributed by atoms with van der Waals surface area (Å²) in [6.45, 7) is 1.30. The van der Waals surface area contributed by atoms with E-state index in [0.29, 0.717) is 13.1 Å². The maximum atomic E-state index is 13.0. The first-order valence-electron chi connectivity index (χ1n) is 8.36. The maximum Gasteiger partial charge on any atom is 0.250 e. The molecule has 0 aliphatic carbocycles. The number of benzene rings is 1. The van der Waals surface area contributed by atoms with Crippen molar-refractivity contribution >= 4 is 17.5 Å². The molecule has 1 fully saturated rings. The summed E-state index contributed by atoms with van der Waals surface area (Å²) in [5.41, 5.74) is 9.52. The topological polar surface area (TPSA) is 99.1 Å². The number of carbonyl (C=O) groups is 1. The number of aromatic nitrogens is 2. The number of nitrogen functional groups attached to an aromatic ring is 1. The summed E-state index contributed by atoms with van der Waals surface area (Å²) in [5.74, 6) is 0.259. The van der Waals surface area contributed by atoms with Crippen LogP contribution in [0, 0.1) is 11.5 Å². The number of amides is 1. The molecule has 1 atom stereocenters. The van der Waals surface area contributed by atoms with E-state index in [-0.39, 0.29) is 17.9 Å². The first-order valence-corrected chi connectivity index (χ1v) is 8.36. The van der Waals surface area contributed by atoms with Crippen molar-refractivity contribution in [2.24, 2.45) is 0 Å². The third-order valence-electron chi connectivity index (χ3n) is 4.94. The number of nitriles is 1. The van der Waals surface area contributed by atoms with Crippen molar-refractivity contribution in [3.05, 3.63) is 36.2 Å². The number of hydrogen-bond donors (Lipinski definition) is 1. The SMILES string of the molecule is N#CN1CCCC1C(=O)N1CCc2c(-c3cnc(N)nc3)cccc21. The van der Waals surface area contributed by atoms with Gasteiger partial charge in [0.2, 0.25) is 11.9 Å². The molecule has 0 bridgehead atoms. The number of hydrogen-bond acceptors (Lipinski definition) is 6. The quantitative estimate of drug-likeness (QED) is 0.837. The van der Waals surface area contributed by atoms with Gasteiger partial charge in [0.25, 0.3) is 0 Å². The Morgan fingerprint density at radius 3 is 2.84 bits per heavy atom. The monoisotopic (exact) mass is 334 g/mol. The Kier molecular flexibility index (Phi) is 3.73. The first kappa shape index (κ1) is 15.4. The molecule has 0 spiro atoms. The summed E-state index contributed by atoms with van der Waals surface area (Å²) >= 11 is 0. The fraction of sp³-hybridized carbons (Fsp3) is 0.333. The zero-order valence-corrected chi connectivity index (χ0v) is 13.7. The maximum absolute atomic E-state index is 13.0. The Morgan fingerprint density at radius 2 is 2.08 bits per heavy atom. The minimum absolute atomic E-state index is 0.0171. The molecule has 0 radical (unpaired) electrons. The molecule has 1 unspecified atom stereocenters. The summed E-state index contributed by atoms with van der Waals surface area (Å²) in [6, 6.07) is 5.58. The van der Waals surface area contributed by atoms with E-state index in [1.807, 2.05) is 23.1 Å². The smallest absolute Gasteiger partial charge is 0.250 e. The van der Waals surface area contributed by atoms with Crippen LogP contribution in [0.4, 0.5) is 11.6 Å². The summed E-state index contributed by atoms with van der Waals surface area (Å²) < 4.78 is 0. The number of likely N-dealkylation sites (tertiary alicyclic amines) is 1. The Hall–Kier alpha value is -3.14. The molecule has 1 amide bonds. The Morgan fingerprint density at radius 1 is 1.28 bits per heavy atom. The lowest BCUT2D eigenvalue weighted by atomic mass is 10.00. The highest BCUT2D eigenvalue weighted by atomic mass is 16.2. The van der Waals surface area contributed by atoms with Gasteiger partial charge in [-0.05, 0) is 36.5 Å². The van der Waals surface area contributed by atoms with Gasteiger partial charge in [-0.15, -0.1) is 0 Å². The van der Waals surface area contributed by atoms with Crippen LogP contribution in [0.25, 0.3) is 11.1 Å². The molecule has 2 aliphatic rings. The lowest BCUT2D eigenvalue weighted by Crippen LogP contribution is -2.43. The predicted octanol–water partition coefficient (Wildman–Crippen LogP) is 1.56. The van der Waals surface area contributed by atoms with Crippen LogP contribution in [0.5, 0.6) is 0 Å². The van der Waals surface area contributed by atoms with Gasteiger partial charge in [0.05, 0.1) is 0 Å². The van der Waals surface area contributed by atoms with Crippen molar-refractivity contribution < 1.29 is 4.79 Å². The van der Waals surface area contributed by atoms with Crippen LogP contribution in [-0.4, -0.2) is 39.9 Å². The van der Waals surface area contributed by atoms with Crippen LogP contribution in [0.1, 0.15) is 18.4 Å². The van der Waals surface area contributed by atoms with Gasteiger partial charge >= 0.3 is 0 Å². The molecular formula is C18H18N6O. The van der Waals surface area contributed by atoms with Gasteiger partial charge in [-0.2, -0.15) is 5.26 Å². The van der Waals surface area contributed by atoms with E-state index in [9.17, 15) is 10.1 Å². The molecule has 2 aromatic rings. The van der Waals surface area contributed by atoms with Gasteiger partial charge in [-0.3, -0.25) is 9.69 Å². The summed E-state index contributed by atoms with van der Waals surface area (Å²) in [7, 11) is 0. The van der Waals surface area contributed by atoms with Crippen molar-refractivity contribution in [2.45, 2.75) is 25.3 Å². The zero-order chi connectivity index (χ0) is 17.4. The molecule has 7 nitrogen and oxygen atoms in total. The number of fused-ring (bicyclic) bond motifs is 1. The lowest BCUT2D eigenvalue weighted by molar-refractivity contribution is -0.121. The third-order valence-corrected chi connectivity index (χ3v) is 4.94. The molecule has 126 valence electrons. The van der Waals surface area contributed by atoms with E-state index in [4.69, 9.17) is 5.73 Å². The highest BCUT2D eigenvalue weighted by Gasteiger charge is 2.36. The normalized spacial score (nSPS) is 18.9. The summed E-state index contributed by atoms with van der Waals surface area (Å²) in [5, 5.41) is 9.22. The van der Waals surface area contributed by atoms with Gasteiger partial charge in [-0.25, -0.2) is 9.97 Å². The third kappa shape index (κ3) is 2.56. The van der Waals surface area contributed by atoms with Crippen molar-refractivity contribution in [3.8, 4) is 17.3 Å². The minimum atomic E-state index is -0.334. The van der Waals surface area contributed by atoms with Gasteiger partial charge in [0, 0.05) is 36.7 Å². The highest BCUT2D eigenvalue weighted by molar-refractivity contribution is 6.00. The molecule has 1 aromatic carbocycles. The second-order valence-electron chi connectivity index (χ2n) is 6.32. The lowest BCUT2D eigenvalue weighted by Gasteiger charge is -2.25. The van der Waals surface area contributed by atoms with Crippen molar-refractivity contribution in [2.75, 3.05) is 23.7 Å². The van der Waals surface area contributed by atoms with E-state index in [1.54, 1.807) is 17.3 Å². The number of carbonyl (C=O) groups excluding carboxylic acids is 1. The molecule has 2 N–H and O–H groups in total. The van der Waals surface area contributed by atoms with E-state index < -0.39 is 0 Å². The van der Waals surface area contributed by atoms with E-state index in [0.717, 1.165) is 41.6 Å². The van der Waals surface area contributed by atoms with Crippen LogP contribution in [0.3, 0.4) is 0 Å². The van der Waals surface area contributed by atoms with Gasteiger partial charge < -0.3 is 10.6 Å². The van der Waals surface area contributed by atoms with Crippen LogP contribution in [-0.2, 0) is 11.2 Å². The molecule has 4 rings (SSSR count). The van der Waals surface area contributed by atoms with E-state index >= 15 is 0 Å². The standard InChI is InChI=1S/C18H18N6O/c19-11-23-7-2-5-16(23)17(25)24-8-6-14-13(3-1-4-15(14)24)12-9-21-18(20)22-10-12/h1,3-4,9-10,16H,2,5-8H2,(H2,20,21,22). The average molecular weight is 334 g/mol. The van der Waals surface area contributed by atoms with Crippen LogP contribution >= 0.6 is 0 Å². The fourth-order valence-electron chi connectivity index (χ4n) is 3.73. The van der Waals surface area contributed by atoms with E-state index in [1.165, 1.54) is 0 Å². The van der Waals surface area contributed by atoms with Gasteiger partial charge in [0.1, 0.15) is 6.04 Å². The summed E-state index contributed by atoms with van der Waals surface area (Å²) in [6.07, 6.45) is 7.95. The predicted molar refractivity (Wildman–Crippen MR) is 93.3 cm³/mol. The Bertz CT molecular complexity index is 857. The number of nitrogens with two attached hydrogens (primary N) is 1. The fourth-order valence-corrected chi connectivity index (χ4v) is 3.73. The van der Waals surface area contributed by atoms with Crippen LogP contribution < -0.4 is 10.6 Å². The minimum Gasteiger partial charge on any atom is -0.368 e. The molecule has 3 heterocycles. The number of nitrogens with zero attached hydrogens (tertiary/aromatic N) is 5. The van der Waals surface area contributed by atoms with Crippen LogP contribution in [0.15, 0.2) is 30.6 Å². The molecule has 2 aliphatic heterocycles. The molecular weight excluding hydrogens is 316 g/mol. The van der Waals surface area contributed by atoms with Gasteiger partial charge in [0.15, 0.2) is 6.19 Å². The molecule has 1 saturated heterocycles. The first-order chi connectivity index (χ1) is 12.2. The van der Waals surface area contributed by atoms with Gasteiger partial charge in [-0.1, -0.05) is 12.1 Å². The van der Waals surface area contributed by atoms with Crippen LogP contribution in [0.2, 0.25) is 0 Å². The van der Waals surface area contributed by atoms with Crippen molar-refractivity contribution in [1.29, 1.82) is 5.26 Å². The van der Waals surface area contributed by atoms with E-state index in [2.05, 4.69) is 16.2 Å². The Balaban J connectivity index is 1.67. The molecule has 25 heavy (non-hydrogen) atoms. The largest absolute Gasteiger partial charge is 0.368 e. The van der Waals surface area contributed by atoms with Crippen molar-refractivity contribution in [1.82, 2.24) is 14.9 Å². The second kappa shape index (κ2) is 6.06. The average Bonchev–Trinajstić information content (AvgIpc) is 3.28. The number of rotatable bonds is 2.